The minimum atomic E-state index is -1.28. The molecule has 13 heteroatoms. The minimum absolute atomic E-state index is 0.118. The summed E-state index contributed by atoms with van der Waals surface area (Å²) < 4.78 is 17.9. The van der Waals surface area contributed by atoms with Crippen molar-refractivity contribution in [2.24, 2.45) is 17.8 Å². The SMILES string of the molecule is C=CCCC(=O)NC[C@H](C)OC(=O)[C@@H]1[C@H]2O[C@@]3(CC2Br)[C@H](C(=O)N(CC=C)CCN2CCOCC2)N([C@@H](CO)[C@@H](C)CC)C(=O)[C@@H]13. The second-order valence-corrected chi connectivity index (χ2v) is 14.1. The third-order valence-corrected chi connectivity index (χ3v) is 10.9. The number of aliphatic hydroxyl groups is 1. The summed E-state index contributed by atoms with van der Waals surface area (Å²) in [5.41, 5.74) is -1.28. The van der Waals surface area contributed by atoms with Crippen LogP contribution in [0.2, 0.25) is 0 Å². The Bertz CT molecular complexity index is 1130. The van der Waals surface area contributed by atoms with E-state index in [1.165, 1.54) is 4.90 Å². The van der Waals surface area contributed by atoms with Crippen LogP contribution in [-0.4, -0.2) is 137 Å². The zero-order valence-electron chi connectivity index (χ0n) is 27.4. The second-order valence-electron chi connectivity index (χ2n) is 13.0. The summed E-state index contributed by atoms with van der Waals surface area (Å²) in [5, 5.41) is 13.4. The van der Waals surface area contributed by atoms with Gasteiger partial charge in [0.2, 0.25) is 17.7 Å². The van der Waals surface area contributed by atoms with Gasteiger partial charge in [-0.2, -0.15) is 0 Å². The highest BCUT2D eigenvalue weighted by Gasteiger charge is 2.77. The lowest BCUT2D eigenvalue weighted by Crippen LogP contribution is -2.60. The number of hydrogen-bond acceptors (Lipinski definition) is 9. The maximum Gasteiger partial charge on any atom is 0.312 e. The molecule has 1 unspecified atom stereocenters. The largest absolute Gasteiger partial charge is 0.460 e. The van der Waals surface area contributed by atoms with Gasteiger partial charge in [-0.05, 0) is 25.7 Å². The number of aliphatic hydroxyl groups excluding tert-OH is 1. The molecule has 0 aromatic heterocycles. The maximum absolute atomic E-state index is 14.7. The Morgan fingerprint density at radius 3 is 2.59 bits per heavy atom. The van der Waals surface area contributed by atoms with E-state index in [1.807, 2.05) is 13.8 Å². The number of esters is 1. The van der Waals surface area contributed by atoms with Crippen molar-refractivity contribution in [2.75, 3.05) is 59.1 Å². The number of carbonyl (C=O) groups is 4. The molecule has 0 aromatic rings. The zero-order valence-corrected chi connectivity index (χ0v) is 29.0. The van der Waals surface area contributed by atoms with Crippen LogP contribution in [0.15, 0.2) is 25.3 Å². The van der Waals surface area contributed by atoms with Gasteiger partial charge in [-0.1, -0.05) is 48.4 Å². The van der Waals surface area contributed by atoms with Gasteiger partial charge in [-0.15, -0.1) is 13.2 Å². The van der Waals surface area contributed by atoms with Crippen molar-refractivity contribution in [3.63, 3.8) is 0 Å². The molecular weight excluding hydrogens is 660 g/mol. The number of fused-ring (bicyclic) bond motifs is 1. The van der Waals surface area contributed by atoms with Crippen LogP contribution < -0.4 is 5.32 Å². The lowest BCUT2D eigenvalue weighted by molar-refractivity contribution is -0.160. The summed E-state index contributed by atoms with van der Waals surface area (Å²) in [6.45, 7) is 17.0. The van der Waals surface area contributed by atoms with Gasteiger partial charge in [0.25, 0.3) is 0 Å². The summed E-state index contributed by atoms with van der Waals surface area (Å²) in [6.07, 6.45) is 3.86. The predicted molar refractivity (Wildman–Crippen MR) is 175 cm³/mol. The lowest BCUT2D eigenvalue weighted by Gasteiger charge is -2.41. The van der Waals surface area contributed by atoms with Crippen LogP contribution in [0.4, 0.5) is 0 Å². The molecule has 0 saturated carbocycles. The van der Waals surface area contributed by atoms with Crippen LogP contribution in [0.1, 0.15) is 46.5 Å². The number of carbonyl (C=O) groups excluding carboxylic acids is 4. The molecule has 4 fully saturated rings. The number of morpholine rings is 1. The normalized spacial score (nSPS) is 30.8. The van der Waals surface area contributed by atoms with Gasteiger partial charge < -0.3 is 34.4 Å². The molecule has 4 aliphatic rings. The van der Waals surface area contributed by atoms with E-state index in [0.29, 0.717) is 45.6 Å². The first-order valence-electron chi connectivity index (χ1n) is 16.6. The van der Waals surface area contributed by atoms with Gasteiger partial charge in [0, 0.05) is 44.0 Å². The van der Waals surface area contributed by atoms with Crippen LogP contribution in [0.3, 0.4) is 0 Å². The molecule has 0 radical (unpaired) electrons. The molecular formula is C33H51BrN4O8. The molecule has 12 nitrogen and oxygen atoms in total. The Labute approximate surface area is 280 Å². The van der Waals surface area contributed by atoms with Crippen molar-refractivity contribution in [3.05, 3.63) is 25.3 Å². The molecule has 258 valence electrons. The lowest BCUT2D eigenvalue weighted by atomic mass is 9.70. The molecule has 0 aromatic carbocycles. The number of alkyl halides is 1. The monoisotopic (exact) mass is 710 g/mol. The van der Waals surface area contributed by atoms with E-state index in [9.17, 15) is 24.3 Å². The van der Waals surface area contributed by atoms with E-state index in [4.69, 9.17) is 14.2 Å². The number of nitrogens with zero attached hydrogens (tertiary/aromatic N) is 3. The van der Waals surface area contributed by atoms with E-state index in [-0.39, 0.29) is 54.6 Å². The number of amides is 3. The van der Waals surface area contributed by atoms with E-state index < -0.39 is 47.7 Å². The van der Waals surface area contributed by atoms with Crippen LogP contribution in [0.25, 0.3) is 0 Å². The number of nitrogens with one attached hydrogen (secondary N) is 1. The van der Waals surface area contributed by atoms with E-state index >= 15 is 0 Å². The Balaban J connectivity index is 1.63. The Hall–Kier alpha value is -2.32. The van der Waals surface area contributed by atoms with Crippen molar-refractivity contribution in [1.29, 1.82) is 0 Å². The van der Waals surface area contributed by atoms with Crippen LogP contribution >= 0.6 is 15.9 Å². The van der Waals surface area contributed by atoms with Crippen molar-refractivity contribution in [2.45, 2.75) is 81.2 Å². The highest BCUT2D eigenvalue weighted by Crippen LogP contribution is 2.61. The zero-order chi connectivity index (χ0) is 33.6. The predicted octanol–water partition coefficient (Wildman–Crippen LogP) is 1.50. The summed E-state index contributed by atoms with van der Waals surface area (Å²) >= 11 is 3.70. The minimum Gasteiger partial charge on any atom is -0.460 e. The number of rotatable bonds is 17. The molecule has 0 aliphatic carbocycles. The fourth-order valence-electron chi connectivity index (χ4n) is 7.39. The molecule has 4 heterocycles. The number of hydrogen-bond donors (Lipinski definition) is 2. The Kier molecular flexibility index (Phi) is 12.8. The third kappa shape index (κ3) is 7.38. The molecule has 9 atom stereocenters. The fraction of sp³-hybridized carbons (Fsp3) is 0.758. The first kappa shape index (κ1) is 36.5. The number of ether oxygens (including phenoxy) is 3. The van der Waals surface area contributed by atoms with Crippen molar-refractivity contribution >= 4 is 39.6 Å². The summed E-state index contributed by atoms with van der Waals surface area (Å²) in [4.78, 5) is 60.3. The molecule has 46 heavy (non-hydrogen) atoms. The topological polar surface area (TPSA) is 138 Å². The third-order valence-electron chi connectivity index (χ3n) is 10.0. The van der Waals surface area contributed by atoms with Crippen molar-refractivity contribution in [3.8, 4) is 0 Å². The fourth-order valence-corrected chi connectivity index (χ4v) is 8.34. The van der Waals surface area contributed by atoms with E-state index in [2.05, 4.69) is 39.3 Å². The van der Waals surface area contributed by atoms with Crippen molar-refractivity contribution in [1.82, 2.24) is 20.0 Å². The summed E-state index contributed by atoms with van der Waals surface area (Å²) in [7, 11) is 0. The summed E-state index contributed by atoms with van der Waals surface area (Å²) in [6, 6.07) is -1.68. The van der Waals surface area contributed by atoms with Gasteiger partial charge in [0.15, 0.2) is 0 Å². The average Bonchev–Trinajstić information content (AvgIpc) is 3.64. The first-order chi connectivity index (χ1) is 22.0. The molecule has 3 amide bonds. The first-order valence-corrected chi connectivity index (χ1v) is 17.5. The second kappa shape index (κ2) is 16.2. The van der Waals surface area contributed by atoms with Gasteiger partial charge in [-0.25, -0.2) is 0 Å². The standard InChI is InChI=1S/C33H51BrN4O8/c1-6-9-10-25(40)35-19-22(5)45-32(43)26-27-30(41)38(24(20-39)21(4)8-3)29(33(27)18-23(34)28(26)46-33)31(42)37(11-7-2)13-12-36-14-16-44-17-15-36/h6-7,21-24,26-29,39H,1-2,8-20H2,3-5H3,(H,35,40)/t21-,22-,23?,24-,26-,27+,28-,29-,33+/m0/s1. The van der Waals surface area contributed by atoms with Crippen LogP contribution in [0, 0.1) is 17.8 Å². The van der Waals surface area contributed by atoms with E-state index in [0.717, 1.165) is 13.1 Å². The maximum atomic E-state index is 14.7. The van der Waals surface area contributed by atoms with Gasteiger partial charge >= 0.3 is 5.97 Å². The van der Waals surface area contributed by atoms with Crippen molar-refractivity contribution < 1.29 is 38.5 Å². The molecule has 2 bridgehead atoms. The Morgan fingerprint density at radius 2 is 1.96 bits per heavy atom. The smallest absolute Gasteiger partial charge is 0.312 e. The van der Waals surface area contributed by atoms with Crippen LogP contribution in [0.5, 0.6) is 0 Å². The Morgan fingerprint density at radius 1 is 1.24 bits per heavy atom. The van der Waals surface area contributed by atoms with Gasteiger partial charge in [-0.3, -0.25) is 24.1 Å². The van der Waals surface area contributed by atoms with E-state index in [1.54, 1.807) is 24.0 Å². The highest BCUT2D eigenvalue weighted by molar-refractivity contribution is 9.09. The molecule has 4 aliphatic heterocycles. The van der Waals surface area contributed by atoms with Gasteiger partial charge in [0.05, 0.1) is 50.3 Å². The van der Waals surface area contributed by atoms with Gasteiger partial charge in [0.1, 0.15) is 17.7 Å². The molecule has 2 N–H and O–H groups in total. The number of likely N-dealkylation sites (tertiary alicyclic amines) is 1. The molecule has 4 rings (SSSR count). The quantitative estimate of drug-likeness (QED) is 0.131. The number of halogens is 1. The number of allylic oxidation sites excluding steroid dienone is 1. The average molecular weight is 712 g/mol. The molecule has 4 saturated heterocycles. The molecule has 1 spiro atoms. The highest BCUT2D eigenvalue weighted by atomic mass is 79.9. The summed E-state index contributed by atoms with van der Waals surface area (Å²) in [5.74, 6) is -3.46. The van der Waals surface area contributed by atoms with Crippen LogP contribution in [-0.2, 0) is 33.4 Å².